The number of non-ortho nitro benzene ring substituents is 1. The highest BCUT2D eigenvalue weighted by Gasteiger charge is 2.19. The van der Waals surface area contributed by atoms with Crippen LogP contribution in [0.5, 0.6) is 0 Å². The Bertz CT molecular complexity index is 472. The van der Waals surface area contributed by atoms with E-state index < -0.39 is 9.85 Å². The van der Waals surface area contributed by atoms with Crippen molar-refractivity contribution < 1.29 is 9.85 Å². The zero-order valence-corrected chi connectivity index (χ0v) is 11.0. The van der Waals surface area contributed by atoms with Gasteiger partial charge in [-0.25, -0.2) is 0 Å². The summed E-state index contributed by atoms with van der Waals surface area (Å²) in [5, 5.41) is 24.8. The molecule has 0 heterocycles. The normalized spacial score (nSPS) is 10.7. The van der Waals surface area contributed by atoms with Crippen LogP contribution in [-0.4, -0.2) is 15.9 Å². The van der Waals surface area contributed by atoms with E-state index in [4.69, 9.17) is 0 Å². The van der Waals surface area contributed by atoms with Gasteiger partial charge in [-0.15, -0.1) is 0 Å². The molecule has 0 aliphatic rings. The second-order valence-corrected chi connectivity index (χ2v) is 4.22. The van der Waals surface area contributed by atoms with Crippen LogP contribution in [-0.2, 0) is 6.54 Å². The number of nitro groups is 2. The van der Waals surface area contributed by atoms with Crippen LogP contribution in [0.2, 0.25) is 0 Å². The van der Waals surface area contributed by atoms with Gasteiger partial charge in [-0.05, 0) is 18.9 Å². The van der Waals surface area contributed by atoms with E-state index in [0.29, 0.717) is 12.1 Å². The molecule has 0 aliphatic heterocycles. The van der Waals surface area contributed by atoms with Crippen molar-refractivity contribution in [3.05, 3.63) is 44.0 Å². The van der Waals surface area contributed by atoms with Crippen molar-refractivity contribution in [3.63, 3.8) is 0 Å². The number of hydrogen-bond acceptors (Lipinski definition) is 5. The van der Waals surface area contributed by atoms with Crippen molar-refractivity contribution in [1.82, 2.24) is 5.32 Å². The van der Waals surface area contributed by atoms with Gasteiger partial charge in [0, 0.05) is 24.2 Å². The zero-order valence-electron chi connectivity index (χ0n) is 11.0. The SMILES string of the molecule is CCC(CC)NCc1ccc([N+](=O)[O-])cc1[N+](=O)[O-]. The topological polar surface area (TPSA) is 98.3 Å². The Hall–Kier alpha value is -2.02. The highest BCUT2D eigenvalue weighted by Crippen LogP contribution is 2.24. The summed E-state index contributed by atoms with van der Waals surface area (Å²) >= 11 is 0. The summed E-state index contributed by atoms with van der Waals surface area (Å²) in [6.45, 7) is 4.40. The third-order valence-corrected chi connectivity index (χ3v) is 3.04. The molecule has 7 heteroatoms. The van der Waals surface area contributed by atoms with Crippen LogP contribution in [0.25, 0.3) is 0 Å². The molecular formula is C12H17N3O4. The molecule has 0 bridgehead atoms. The maximum absolute atomic E-state index is 10.9. The molecule has 104 valence electrons. The average Bonchev–Trinajstić information content (AvgIpc) is 2.39. The van der Waals surface area contributed by atoms with E-state index in [1.807, 2.05) is 13.8 Å². The highest BCUT2D eigenvalue weighted by atomic mass is 16.6. The van der Waals surface area contributed by atoms with Crippen LogP contribution >= 0.6 is 0 Å². The summed E-state index contributed by atoms with van der Waals surface area (Å²) in [5.41, 5.74) is -0.0202. The molecule has 0 amide bonds. The Balaban J connectivity index is 2.94. The quantitative estimate of drug-likeness (QED) is 0.605. The Morgan fingerprint density at radius 3 is 2.26 bits per heavy atom. The highest BCUT2D eigenvalue weighted by molar-refractivity contribution is 5.49. The van der Waals surface area contributed by atoms with E-state index in [-0.39, 0.29) is 17.4 Å². The molecule has 0 fully saturated rings. The third-order valence-electron chi connectivity index (χ3n) is 3.04. The minimum atomic E-state index is -0.634. The molecule has 1 aromatic carbocycles. The van der Waals surface area contributed by atoms with E-state index >= 15 is 0 Å². The number of rotatable bonds is 7. The zero-order chi connectivity index (χ0) is 14.4. The van der Waals surface area contributed by atoms with Gasteiger partial charge in [0.2, 0.25) is 0 Å². The number of benzene rings is 1. The molecule has 0 aliphatic carbocycles. The second kappa shape index (κ2) is 6.79. The number of hydrogen-bond donors (Lipinski definition) is 1. The molecule has 0 unspecified atom stereocenters. The Morgan fingerprint density at radius 2 is 1.79 bits per heavy atom. The first kappa shape index (κ1) is 15.0. The minimum absolute atomic E-state index is 0.215. The summed E-state index contributed by atoms with van der Waals surface area (Å²) in [4.78, 5) is 20.3. The number of nitrogens with zero attached hydrogens (tertiary/aromatic N) is 2. The Kier molecular flexibility index (Phi) is 5.37. The van der Waals surface area contributed by atoms with Gasteiger partial charge in [-0.3, -0.25) is 20.2 Å². The standard InChI is InChI=1S/C12H17N3O4/c1-3-10(4-2)13-8-9-5-6-11(14(16)17)7-12(9)15(18)19/h5-7,10,13H,3-4,8H2,1-2H3. The summed E-state index contributed by atoms with van der Waals surface area (Å²) < 4.78 is 0. The van der Waals surface area contributed by atoms with Gasteiger partial charge >= 0.3 is 0 Å². The van der Waals surface area contributed by atoms with Gasteiger partial charge in [0.1, 0.15) is 0 Å². The van der Waals surface area contributed by atoms with Crippen molar-refractivity contribution in [2.24, 2.45) is 0 Å². The molecule has 0 spiro atoms. The van der Waals surface area contributed by atoms with Crippen molar-refractivity contribution in [2.75, 3.05) is 0 Å². The first-order valence-corrected chi connectivity index (χ1v) is 6.14. The molecule has 0 saturated heterocycles. The number of nitro benzene ring substituents is 2. The maximum atomic E-state index is 10.9. The smallest absolute Gasteiger partial charge is 0.280 e. The predicted octanol–water partition coefficient (Wildman–Crippen LogP) is 2.78. The van der Waals surface area contributed by atoms with Crippen LogP contribution < -0.4 is 5.32 Å². The summed E-state index contributed by atoms with van der Waals surface area (Å²) in [6, 6.07) is 4.02. The van der Waals surface area contributed by atoms with Crippen molar-refractivity contribution in [3.8, 4) is 0 Å². The van der Waals surface area contributed by atoms with Crippen LogP contribution in [0.3, 0.4) is 0 Å². The molecule has 0 atom stereocenters. The molecule has 0 radical (unpaired) electrons. The van der Waals surface area contributed by atoms with Crippen molar-refractivity contribution in [1.29, 1.82) is 0 Å². The van der Waals surface area contributed by atoms with Gasteiger partial charge in [0.05, 0.1) is 15.9 Å². The van der Waals surface area contributed by atoms with Crippen LogP contribution in [0.4, 0.5) is 11.4 Å². The third kappa shape index (κ3) is 3.99. The average molecular weight is 267 g/mol. The van der Waals surface area contributed by atoms with E-state index in [0.717, 1.165) is 18.9 Å². The lowest BCUT2D eigenvalue weighted by Gasteiger charge is -2.14. The van der Waals surface area contributed by atoms with E-state index in [1.54, 1.807) is 0 Å². The Labute approximate surface area is 110 Å². The fraction of sp³-hybridized carbons (Fsp3) is 0.500. The van der Waals surface area contributed by atoms with Crippen molar-refractivity contribution in [2.45, 2.75) is 39.3 Å². The second-order valence-electron chi connectivity index (χ2n) is 4.22. The lowest BCUT2D eigenvalue weighted by molar-refractivity contribution is -0.394. The first-order chi connectivity index (χ1) is 8.99. The summed E-state index contributed by atoms with van der Waals surface area (Å²) in [6.07, 6.45) is 1.86. The number of nitrogens with one attached hydrogen (secondary N) is 1. The van der Waals surface area contributed by atoms with Gasteiger partial charge in [-0.2, -0.15) is 0 Å². The van der Waals surface area contributed by atoms with Crippen LogP contribution in [0, 0.1) is 20.2 Å². The summed E-state index contributed by atoms with van der Waals surface area (Å²) in [7, 11) is 0. The van der Waals surface area contributed by atoms with Crippen LogP contribution in [0.1, 0.15) is 32.3 Å². The minimum Gasteiger partial charge on any atom is -0.310 e. The fourth-order valence-corrected chi connectivity index (χ4v) is 1.82. The molecular weight excluding hydrogens is 250 g/mol. The van der Waals surface area contributed by atoms with E-state index in [2.05, 4.69) is 5.32 Å². The molecule has 0 saturated carbocycles. The maximum Gasteiger partial charge on any atom is 0.280 e. The lowest BCUT2D eigenvalue weighted by Crippen LogP contribution is -2.27. The molecule has 0 aromatic heterocycles. The molecule has 1 aromatic rings. The molecule has 1 N–H and O–H groups in total. The predicted molar refractivity (Wildman–Crippen MR) is 71.0 cm³/mol. The van der Waals surface area contributed by atoms with E-state index in [9.17, 15) is 20.2 Å². The van der Waals surface area contributed by atoms with Crippen molar-refractivity contribution >= 4 is 11.4 Å². The molecule has 1 rings (SSSR count). The Morgan fingerprint density at radius 1 is 1.16 bits per heavy atom. The van der Waals surface area contributed by atoms with Gasteiger partial charge in [0.25, 0.3) is 11.4 Å². The molecule has 7 nitrogen and oxygen atoms in total. The van der Waals surface area contributed by atoms with Gasteiger partial charge in [0.15, 0.2) is 0 Å². The lowest BCUT2D eigenvalue weighted by atomic mass is 10.1. The summed E-state index contributed by atoms with van der Waals surface area (Å²) in [5.74, 6) is 0. The van der Waals surface area contributed by atoms with E-state index in [1.165, 1.54) is 12.1 Å². The van der Waals surface area contributed by atoms with Crippen LogP contribution in [0.15, 0.2) is 18.2 Å². The largest absolute Gasteiger partial charge is 0.310 e. The first-order valence-electron chi connectivity index (χ1n) is 6.14. The monoisotopic (exact) mass is 267 g/mol. The van der Waals surface area contributed by atoms with Gasteiger partial charge < -0.3 is 5.32 Å². The molecule has 19 heavy (non-hydrogen) atoms. The fourth-order valence-electron chi connectivity index (χ4n) is 1.82. The van der Waals surface area contributed by atoms with Gasteiger partial charge in [-0.1, -0.05) is 13.8 Å².